The van der Waals surface area contributed by atoms with Gasteiger partial charge in [0.05, 0.1) is 12.3 Å². The van der Waals surface area contributed by atoms with Gasteiger partial charge in [-0.1, -0.05) is 55.3 Å². The summed E-state index contributed by atoms with van der Waals surface area (Å²) in [6.45, 7) is 2.92. The van der Waals surface area contributed by atoms with E-state index in [4.69, 9.17) is 0 Å². The normalized spacial score (nSPS) is 14.8. The molecule has 0 saturated heterocycles. The molecule has 0 fully saturated rings. The van der Waals surface area contributed by atoms with Crippen LogP contribution < -0.4 is 4.31 Å². The summed E-state index contributed by atoms with van der Waals surface area (Å²) in [6, 6.07) is 18.2. The van der Waals surface area contributed by atoms with Crippen molar-refractivity contribution in [3.05, 3.63) is 65.7 Å². The molecule has 2 aromatic carbocycles. The monoisotopic (exact) mass is 387 g/mol. The Morgan fingerprint density at radius 3 is 2.37 bits per heavy atom. The van der Waals surface area contributed by atoms with Crippen LogP contribution in [0.25, 0.3) is 0 Å². The molecule has 142 valence electrons. The molecule has 0 N–H and O–H groups in total. The van der Waals surface area contributed by atoms with Crippen molar-refractivity contribution in [2.24, 2.45) is 10.2 Å². The van der Waals surface area contributed by atoms with Gasteiger partial charge in [-0.2, -0.15) is 10.2 Å². The summed E-state index contributed by atoms with van der Waals surface area (Å²) >= 11 is 0. The third-order valence-corrected chi connectivity index (χ3v) is 6.15. The van der Waals surface area contributed by atoms with E-state index in [0.717, 1.165) is 35.5 Å². The van der Waals surface area contributed by atoms with E-state index < -0.39 is 6.43 Å². The van der Waals surface area contributed by atoms with Gasteiger partial charge >= 0.3 is 0 Å². The molecule has 0 spiro atoms. The van der Waals surface area contributed by atoms with Crippen LogP contribution in [0.2, 0.25) is 0 Å². The van der Waals surface area contributed by atoms with Crippen molar-refractivity contribution in [3.63, 3.8) is 0 Å². The lowest BCUT2D eigenvalue weighted by molar-refractivity contribution is 0.224. The standard InChI is InChI=1S/C21H23F2N3S/c1-3-13-27(2)26(18-7-5-4-6-8-18)15-16-9-11-17(12-10-16)19-14-20(21(22)23)25-24-19/h4-12,21H,2-3,13-15H2,1H3. The molecule has 1 unspecified atom stereocenters. The van der Waals surface area contributed by atoms with Crippen LogP contribution in [0, 0.1) is 0 Å². The Morgan fingerprint density at radius 1 is 1.07 bits per heavy atom. The summed E-state index contributed by atoms with van der Waals surface area (Å²) in [6.07, 6.45) is -1.34. The average Bonchev–Trinajstić information content (AvgIpc) is 3.18. The van der Waals surface area contributed by atoms with Crippen LogP contribution in [-0.4, -0.2) is 29.5 Å². The van der Waals surface area contributed by atoms with Crippen LogP contribution in [0.4, 0.5) is 14.5 Å². The van der Waals surface area contributed by atoms with Crippen LogP contribution in [0.15, 0.2) is 64.8 Å². The molecule has 3 rings (SSSR count). The fourth-order valence-electron chi connectivity index (χ4n) is 2.89. The van der Waals surface area contributed by atoms with Gasteiger partial charge in [0.15, 0.2) is 0 Å². The molecule has 27 heavy (non-hydrogen) atoms. The lowest BCUT2D eigenvalue weighted by Gasteiger charge is -2.28. The molecular formula is C21H23F2N3S. The first-order valence-corrected chi connectivity index (χ1v) is 10.4. The molecule has 0 bridgehead atoms. The Balaban J connectivity index is 1.73. The summed E-state index contributed by atoms with van der Waals surface area (Å²) in [4.78, 5) is 0. The highest BCUT2D eigenvalue weighted by Crippen LogP contribution is 2.29. The van der Waals surface area contributed by atoms with Crippen LogP contribution in [0.1, 0.15) is 30.9 Å². The van der Waals surface area contributed by atoms with Gasteiger partial charge in [0.1, 0.15) is 5.71 Å². The van der Waals surface area contributed by atoms with E-state index in [-0.39, 0.29) is 22.8 Å². The maximum atomic E-state index is 12.7. The Hall–Kier alpha value is -2.34. The van der Waals surface area contributed by atoms with Crippen LogP contribution in [0.3, 0.4) is 0 Å². The second-order valence-corrected chi connectivity index (χ2v) is 8.12. The zero-order valence-corrected chi connectivity index (χ0v) is 16.1. The molecule has 3 nitrogen and oxygen atoms in total. The van der Waals surface area contributed by atoms with Gasteiger partial charge in [0, 0.05) is 17.9 Å². The summed E-state index contributed by atoms with van der Waals surface area (Å²) in [5.41, 5.74) is 3.58. The predicted molar refractivity (Wildman–Crippen MR) is 114 cm³/mol. The SMILES string of the molecule is C=S(CCC)N(Cc1ccc(C2=NN=C(C(F)F)C2)cc1)c1ccccc1. The second-order valence-electron chi connectivity index (χ2n) is 6.35. The first-order chi connectivity index (χ1) is 13.1. The molecule has 6 heteroatoms. The van der Waals surface area contributed by atoms with E-state index in [1.165, 1.54) is 0 Å². The Bertz CT molecular complexity index is 845. The van der Waals surface area contributed by atoms with E-state index in [1.54, 1.807) is 0 Å². The molecule has 1 atom stereocenters. The minimum Gasteiger partial charge on any atom is -0.318 e. The number of rotatable bonds is 8. The van der Waals surface area contributed by atoms with Gasteiger partial charge in [0.2, 0.25) is 0 Å². The van der Waals surface area contributed by atoms with Crippen molar-refractivity contribution in [1.29, 1.82) is 0 Å². The number of anilines is 1. The Labute approximate surface area is 161 Å². The lowest BCUT2D eigenvalue weighted by atomic mass is 10.0. The minimum absolute atomic E-state index is 0.117. The number of nitrogens with zero attached hydrogens (tertiary/aromatic N) is 3. The van der Waals surface area contributed by atoms with Crippen molar-refractivity contribution in [3.8, 4) is 0 Å². The quantitative estimate of drug-likeness (QED) is 0.547. The number of hydrogen-bond donors (Lipinski definition) is 0. The number of hydrogen-bond acceptors (Lipinski definition) is 3. The van der Waals surface area contributed by atoms with Gasteiger partial charge in [-0.15, -0.1) is 10.7 Å². The first kappa shape index (κ1) is 19.4. The van der Waals surface area contributed by atoms with Gasteiger partial charge in [0.25, 0.3) is 6.43 Å². The van der Waals surface area contributed by atoms with Gasteiger partial charge < -0.3 is 4.31 Å². The van der Waals surface area contributed by atoms with Gasteiger partial charge in [-0.05, 0) is 29.7 Å². The molecule has 0 saturated carbocycles. The van der Waals surface area contributed by atoms with E-state index in [2.05, 4.69) is 39.4 Å². The van der Waals surface area contributed by atoms with E-state index in [1.807, 2.05) is 42.5 Å². The zero-order chi connectivity index (χ0) is 19.2. The Morgan fingerprint density at radius 2 is 1.78 bits per heavy atom. The molecule has 2 aromatic rings. The maximum absolute atomic E-state index is 12.7. The molecule has 0 radical (unpaired) electrons. The molecular weight excluding hydrogens is 364 g/mol. The van der Waals surface area contributed by atoms with Crippen molar-refractivity contribution >= 4 is 33.7 Å². The molecule has 1 aliphatic rings. The molecule has 0 aliphatic carbocycles. The number of halogens is 2. The van der Waals surface area contributed by atoms with Crippen LogP contribution in [-0.2, 0) is 6.54 Å². The largest absolute Gasteiger partial charge is 0.318 e. The maximum Gasteiger partial charge on any atom is 0.278 e. The van der Waals surface area contributed by atoms with Crippen LogP contribution >= 0.6 is 10.7 Å². The fraction of sp³-hybridized carbons (Fsp3) is 0.286. The van der Waals surface area contributed by atoms with E-state index >= 15 is 0 Å². The van der Waals surface area contributed by atoms with Crippen molar-refractivity contribution in [2.45, 2.75) is 32.7 Å². The third-order valence-electron chi connectivity index (χ3n) is 4.31. The van der Waals surface area contributed by atoms with Crippen molar-refractivity contribution < 1.29 is 8.78 Å². The lowest BCUT2D eigenvalue weighted by Crippen LogP contribution is -2.17. The van der Waals surface area contributed by atoms with Crippen molar-refractivity contribution in [1.82, 2.24) is 0 Å². The van der Waals surface area contributed by atoms with Gasteiger partial charge in [-0.25, -0.2) is 8.78 Å². The van der Waals surface area contributed by atoms with Crippen LogP contribution in [0.5, 0.6) is 0 Å². The minimum atomic E-state index is -2.54. The first-order valence-electron chi connectivity index (χ1n) is 8.92. The number of para-hydroxylation sites is 1. The summed E-state index contributed by atoms with van der Waals surface area (Å²) in [7, 11) is -0.119. The molecule has 1 aliphatic heterocycles. The highest BCUT2D eigenvalue weighted by atomic mass is 32.2. The average molecular weight is 387 g/mol. The zero-order valence-electron chi connectivity index (χ0n) is 15.3. The van der Waals surface area contributed by atoms with E-state index in [0.29, 0.717) is 5.71 Å². The van der Waals surface area contributed by atoms with E-state index in [9.17, 15) is 8.78 Å². The number of benzene rings is 2. The molecule has 0 aromatic heterocycles. The van der Waals surface area contributed by atoms with Crippen molar-refractivity contribution in [2.75, 3.05) is 10.1 Å². The third kappa shape index (κ3) is 4.89. The van der Waals surface area contributed by atoms with Gasteiger partial charge in [-0.3, -0.25) is 0 Å². The highest BCUT2D eigenvalue weighted by Gasteiger charge is 2.21. The Kier molecular flexibility index (Phi) is 6.50. The predicted octanol–water partition coefficient (Wildman–Crippen LogP) is 5.53. The molecule has 0 amide bonds. The summed E-state index contributed by atoms with van der Waals surface area (Å²) < 4.78 is 27.8. The second kappa shape index (κ2) is 9.04. The summed E-state index contributed by atoms with van der Waals surface area (Å²) in [5, 5.41) is 7.49. The fourth-order valence-corrected chi connectivity index (χ4v) is 4.33. The molecule has 1 heterocycles. The highest BCUT2D eigenvalue weighted by molar-refractivity contribution is 8.15. The summed E-state index contributed by atoms with van der Waals surface area (Å²) in [5.74, 6) is 5.39. The number of alkyl halides is 2. The topological polar surface area (TPSA) is 28.0 Å². The smallest absolute Gasteiger partial charge is 0.278 e.